The Hall–Kier alpha value is -2.28. The third-order valence-corrected chi connectivity index (χ3v) is 4.85. The minimum Gasteiger partial charge on any atom is -0.497 e. The topological polar surface area (TPSA) is 79.9 Å². The van der Waals surface area contributed by atoms with Crippen molar-refractivity contribution in [3.63, 3.8) is 0 Å². The molecule has 7 heteroatoms. The Labute approximate surface area is 155 Å². The summed E-state index contributed by atoms with van der Waals surface area (Å²) in [4.78, 5) is 26.5. The van der Waals surface area contributed by atoms with Crippen molar-refractivity contribution in [1.29, 1.82) is 0 Å². The van der Waals surface area contributed by atoms with Gasteiger partial charge in [-0.3, -0.25) is 4.79 Å². The van der Waals surface area contributed by atoms with Crippen molar-refractivity contribution in [3.05, 3.63) is 29.8 Å². The summed E-state index contributed by atoms with van der Waals surface area (Å²) in [5, 5.41) is 6.02. The number of nitrogens with zero attached hydrogens (tertiary/aromatic N) is 1. The van der Waals surface area contributed by atoms with Crippen LogP contribution in [0.5, 0.6) is 5.75 Å². The lowest BCUT2D eigenvalue weighted by Gasteiger charge is -2.42. The molecule has 0 saturated carbocycles. The molecule has 0 unspecified atom stereocenters. The van der Waals surface area contributed by atoms with Crippen LogP contribution in [-0.4, -0.2) is 62.8 Å². The van der Waals surface area contributed by atoms with Crippen molar-refractivity contribution < 1.29 is 19.1 Å². The van der Waals surface area contributed by atoms with E-state index in [1.807, 2.05) is 6.92 Å². The lowest BCUT2D eigenvalue weighted by atomic mass is 9.84. The van der Waals surface area contributed by atoms with Crippen LogP contribution in [0.15, 0.2) is 24.3 Å². The van der Waals surface area contributed by atoms with Crippen molar-refractivity contribution in [1.82, 2.24) is 15.5 Å². The molecule has 1 saturated heterocycles. The highest BCUT2D eigenvalue weighted by Gasteiger charge is 2.37. The monoisotopic (exact) mass is 363 g/mol. The molecule has 7 nitrogen and oxygen atoms in total. The minimum absolute atomic E-state index is 0.0469. The van der Waals surface area contributed by atoms with Crippen LogP contribution in [0.1, 0.15) is 36.5 Å². The third kappa shape index (κ3) is 5.11. The molecule has 1 heterocycles. The van der Waals surface area contributed by atoms with Crippen molar-refractivity contribution >= 4 is 11.9 Å². The van der Waals surface area contributed by atoms with E-state index in [9.17, 15) is 9.59 Å². The third-order valence-electron chi connectivity index (χ3n) is 4.85. The first kappa shape index (κ1) is 20.0. The van der Waals surface area contributed by atoms with Crippen molar-refractivity contribution in [2.75, 3.05) is 40.5 Å². The molecule has 3 amide bonds. The highest BCUT2D eigenvalue weighted by atomic mass is 16.5. The number of ether oxygens (including phenoxy) is 2. The van der Waals surface area contributed by atoms with Crippen molar-refractivity contribution in [2.24, 2.45) is 0 Å². The van der Waals surface area contributed by atoms with Crippen molar-refractivity contribution in [3.8, 4) is 5.75 Å². The number of rotatable bonds is 7. The predicted octanol–water partition coefficient (Wildman–Crippen LogP) is 2.03. The summed E-state index contributed by atoms with van der Waals surface area (Å²) in [5.41, 5.74) is 0.226. The number of nitrogens with one attached hydrogen (secondary N) is 2. The molecule has 2 N–H and O–H groups in total. The van der Waals surface area contributed by atoms with Gasteiger partial charge in [0, 0.05) is 44.5 Å². The van der Waals surface area contributed by atoms with Gasteiger partial charge in [-0.15, -0.1) is 0 Å². The van der Waals surface area contributed by atoms with Crippen LogP contribution in [0.2, 0.25) is 0 Å². The van der Waals surface area contributed by atoms with Crippen LogP contribution in [0.3, 0.4) is 0 Å². The first-order valence-electron chi connectivity index (χ1n) is 9.02. The summed E-state index contributed by atoms with van der Waals surface area (Å²) < 4.78 is 10.4. The zero-order valence-electron chi connectivity index (χ0n) is 15.8. The maximum absolute atomic E-state index is 12.7. The maximum Gasteiger partial charge on any atom is 0.317 e. The Morgan fingerprint density at radius 1 is 1.15 bits per heavy atom. The molecule has 1 aliphatic rings. The second-order valence-electron chi connectivity index (χ2n) is 6.53. The molecule has 0 aromatic heterocycles. The van der Waals surface area contributed by atoms with Gasteiger partial charge in [0.25, 0.3) is 5.91 Å². The van der Waals surface area contributed by atoms with Crippen LogP contribution in [0.25, 0.3) is 0 Å². The Bertz CT molecular complexity index is 595. The summed E-state index contributed by atoms with van der Waals surface area (Å²) in [6, 6.07) is 7.00. The zero-order valence-corrected chi connectivity index (χ0v) is 15.8. The summed E-state index contributed by atoms with van der Waals surface area (Å²) in [5.74, 6) is 0.598. The van der Waals surface area contributed by atoms with Gasteiger partial charge in [0.2, 0.25) is 0 Å². The second kappa shape index (κ2) is 9.43. The number of benzene rings is 1. The van der Waals surface area contributed by atoms with Gasteiger partial charge in [-0.25, -0.2) is 4.79 Å². The van der Waals surface area contributed by atoms with E-state index in [0.717, 1.165) is 0 Å². The molecule has 144 valence electrons. The molecular formula is C19H29N3O4. The molecule has 2 rings (SSSR count). The SMILES string of the molecule is CCNC(=O)N1CCC(CCOC)(NC(=O)c2ccc(OC)cc2)CC1. The quantitative estimate of drug-likeness (QED) is 0.777. The van der Waals surface area contributed by atoms with E-state index in [1.165, 1.54) is 0 Å². The van der Waals surface area contributed by atoms with Crippen LogP contribution in [-0.2, 0) is 4.74 Å². The van der Waals surface area contributed by atoms with E-state index >= 15 is 0 Å². The van der Waals surface area contributed by atoms with Crippen LogP contribution in [0, 0.1) is 0 Å². The molecule has 1 aliphatic heterocycles. The van der Waals surface area contributed by atoms with E-state index in [4.69, 9.17) is 9.47 Å². The van der Waals surface area contributed by atoms with Gasteiger partial charge in [0.05, 0.1) is 7.11 Å². The smallest absolute Gasteiger partial charge is 0.317 e. The first-order chi connectivity index (χ1) is 12.5. The fraction of sp³-hybridized carbons (Fsp3) is 0.579. The molecule has 0 aliphatic carbocycles. The van der Waals surface area contributed by atoms with Gasteiger partial charge in [-0.1, -0.05) is 0 Å². The average molecular weight is 363 g/mol. The molecule has 0 bridgehead atoms. The summed E-state index contributed by atoms with van der Waals surface area (Å²) in [7, 11) is 3.25. The summed E-state index contributed by atoms with van der Waals surface area (Å²) in [6.07, 6.45) is 2.12. The van der Waals surface area contributed by atoms with Gasteiger partial charge in [0.15, 0.2) is 0 Å². The van der Waals surface area contributed by atoms with Crippen molar-refractivity contribution in [2.45, 2.75) is 31.7 Å². The number of likely N-dealkylation sites (tertiary alicyclic amines) is 1. The van der Waals surface area contributed by atoms with Gasteiger partial charge < -0.3 is 25.0 Å². The van der Waals surface area contributed by atoms with Gasteiger partial charge >= 0.3 is 6.03 Å². The molecular weight excluding hydrogens is 334 g/mol. The molecule has 1 fully saturated rings. The highest BCUT2D eigenvalue weighted by molar-refractivity contribution is 5.94. The Morgan fingerprint density at radius 3 is 2.35 bits per heavy atom. The standard InChI is InChI=1S/C19H29N3O4/c1-4-20-18(24)22-12-9-19(10-13-22,11-14-25-2)21-17(23)15-5-7-16(26-3)8-6-15/h5-8H,4,9-14H2,1-3H3,(H,20,24)(H,21,23). The number of piperidine rings is 1. The minimum atomic E-state index is -0.365. The molecule has 1 aromatic carbocycles. The number of urea groups is 1. The van der Waals surface area contributed by atoms with Crippen LogP contribution in [0.4, 0.5) is 4.79 Å². The van der Waals surface area contributed by atoms with E-state index < -0.39 is 0 Å². The van der Waals surface area contributed by atoms with E-state index in [2.05, 4.69) is 10.6 Å². The summed E-state index contributed by atoms with van der Waals surface area (Å²) in [6.45, 7) is 4.29. The maximum atomic E-state index is 12.7. The largest absolute Gasteiger partial charge is 0.497 e. The lowest BCUT2D eigenvalue weighted by molar-refractivity contribution is 0.0746. The summed E-state index contributed by atoms with van der Waals surface area (Å²) >= 11 is 0. The zero-order chi connectivity index (χ0) is 19.0. The van der Waals surface area contributed by atoms with E-state index in [0.29, 0.717) is 56.8 Å². The first-order valence-corrected chi connectivity index (χ1v) is 9.02. The predicted molar refractivity (Wildman–Crippen MR) is 99.6 cm³/mol. The van der Waals surface area contributed by atoms with Crippen LogP contribution >= 0.6 is 0 Å². The number of carbonyl (C=O) groups is 2. The Balaban J connectivity index is 2.04. The molecule has 0 atom stereocenters. The molecule has 0 spiro atoms. The average Bonchev–Trinajstić information content (AvgIpc) is 2.67. The molecule has 26 heavy (non-hydrogen) atoms. The number of hydrogen-bond donors (Lipinski definition) is 2. The van der Waals surface area contributed by atoms with E-state index in [1.54, 1.807) is 43.4 Å². The number of carbonyl (C=O) groups excluding carboxylic acids is 2. The highest BCUT2D eigenvalue weighted by Crippen LogP contribution is 2.27. The Kier molecular flexibility index (Phi) is 7.26. The van der Waals surface area contributed by atoms with Gasteiger partial charge in [-0.2, -0.15) is 0 Å². The van der Waals surface area contributed by atoms with Gasteiger partial charge in [0.1, 0.15) is 5.75 Å². The fourth-order valence-corrected chi connectivity index (χ4v) is 3.19. The molecule has 0 radical (unpaired) electrons. The molecule has 1 aromatic rings. The number of amides is 3. The van der Waals surface area contributed by atoms with Crippen LogP contribution < -0.4 is 15.4 Å². The fourth-order valence-electron chi connectivity index (χ4n) is 3.19. The Morgan fingerprint density at radius 2 is 1.81 bits per heavy atom. The normalized spacial score (nSPS) is 16.0. The number of methoxy groups -OCH3 is 2. The lowest BCUT2D eigenvalue weighted by Crippen LogP contribution is -2.57. The second-order valence-corrected chi connectivity index (χ2v) is 6.53. The number of hydrogen-bond acceptors (Lipinski definition) is 4. The van der Waals surface area contributed by atoms with E-state index in [-0.39, 0.29) is 17.5 Å². The van der Waals surface area contributed by atoms with Gasteiger partial charge in [-0.05, 0) is 50.5 Å².